The van der Waals surface area contributed by atoms with Crippen molar-refractivity contribution in [2.24, 2.45) is 5.92 Å². The number of hydrogen-bond acceptors (Lipinski definition) is 2. The molecule has 0 radical (unpaired) electrons. The monoisotopic (exact) mass is 245 g/mol. The minimum absolute atomic E-state index is 0.306. The third kappa shape index (κ3) is 2.35. The van der Waals surface area contributed by atoms with E-state index in [1.165, 1.54) is 0 Å². The summed E-state index contributed by atoms with van der Waals surface area (Å²) in [4.78, 5) is 14.3. The number of amides is 1. The van der Waals surface area contributed by atoms with Crippen LogP contribution >= 0.6 is 0 Å². The van der Waals surface area contributed by atoms with Gasteiger partial charge in [0.15, 0.2) is 0 Å². The van der Waals surface area contributed by atoms with Crippen LogP contribution in [0.3, 0.4) is 0 Å². The van der Waals surface area contributed by atoms with Crippen molar-refractivity contribution in [3.63, 3.8) is 0 Å². The number of benzene rings is 1. The summed E-state index contributed by atoms with van der Waals surface area (Å²) in [6.07, 6.45) is 4.48. The summed E-state index contributed by atoms with van der Waals surface area (Å²) in [6.45, 7) is 0.698. The Balaban J connectivity index is 1.77. The smallest absolute Gasteiger partial charge is 0.226 e. The SMILES string of the molecule is COc1ccccc1CN(C(=O)C1CC1)C1CC1. The van der Waals surface area contributed by atoms with Gasteiger partial charge in [-0.3, -0.25) is 4.79 Å². The third-order valence-corrected chi connectivity index (χ3v) is 3.73. The molecule has 1 aromatic rings. The van der Waals surface area contributed by atoms with Crippen LogP contribution in [0.5, 0.6) is 5.75 Å². The number of hydrogen-bond donors (Lipinski definition) is 0. The third-order valence-electron chi connectivity index (χ3n) is 3.73. The highest BCUT2D eigenvalue weighted by atomic mass is 16.5. The van der Waals surface area contributed by atoms with E-state index in [-0.39, 0.29) is 0 Å². The number of methoxy groups -OCH3 is 1. The molecule has 0 saturated heterocycles. The molecule has 96 valence electrons. The zero-order valence-electron chi connectivity index (χ0n) is 10.8. The van der Waals surface area contributed by atoms with E-state index >= 15 is 0 Å². The molecule has 2 saturated carbocycles. The van der Waals surface area contributed by atoms with Gasteiger partial charge < -0.3 is 9.64 Å². The molecule has 3 rings (SSSR count). The zero-order valence-corrected chi connectivity index (χ0v) is 10.8. The average Bonchev–Trinajstić information content (AvgIpc) is 3.28. The maximum Gasteiger partial charge on any atom is 0.226 e. The van der Waals surface area contributed by atoms with Crippen LogP contribution < -0.4 is 4.74 Å². The van der Waals surface area contributed by atoms with Crippen molar-refractivity contribution in [1.82, 2.24) is 4.90 Å². The van der Waals surface area contributed by atoms with Gasteiger partial charge in [0.2, 0.25) is 5.91 Å². The van der Waals surface area contributed by atoms with Crippen LogP contribution in [0, 0.1) is 5.92 Å². The Kier molecular flexibility index (Phi) is 2.98. The number of ether oxygens (including phenoxy) is 1. The number of nitrogens with zero attached hydrogens (tertiary/aromatic N) is 1. The molecule has 3 nitrogen and oxygen atoms in total. The fourth-order valence-electron chi connectivity index (χ4n) is 2.36. The summed E-state index contributed by atoms with van der Waals surface area (Å²) in [7, 11) is 1.68. The summed E-state index contributed by atoms with van der Waals surface area (Å²) in [5, 5.41) is 0. The lowest BCUT2D eigenvalue weighted by Gasteiger charge is -2.23. The Hall–Kier alpha value is -1.51. The van der Waals surface area contributed by atoms with Crippen molar-refractivity contribution in [2.45, 2.75) is 38.3 Å². The van der Waals surface area contributed by atoms with Crippen LogP contribution in [0.25, 0.3) is 0 Å². The first-order valence-corrected chi connectivity index (χ1v) is 6.72. The fraction of sp³-hybridized carbons (Fsp3) is 0.533. The Labute approximate surface area is 108 Å². The maximum absolute atomic E-state index is 12.3. The highest BCUT2D eigenvalue weighted by Crippen LogP contribution is 2.37. The minimum Gasteiger partial charge on any atom is -0.496 e. The maximum atomic E-state index is 12.3. The second kappa shape index (κ2) is 4.63. The van der Waals surface area contributed by atoms with Gasteiger partial charge in [0, 0.05) is 24.1 Å². The van der Waals surface area contributed by atoms with Gasteiger partial charge in [-0.2, -0.15) is 0 Å². The zero-order chi connectivity index (χ0) is 12.5. The quantitative estimate of drug-likeness (QED) is 0.798. The molecule has 18 heavy (non-hydrogen) atoms. The summed E-state index contributed by atoms with van der Waals surface area (Å²) >= 11 is 0. The van der Waals surface area contributed by atoms with Gasteiger partial charge in [0.05, 0.1) is 7.11 Å². The van der Waals surface area contributed by atoms with Crippen LogP contribution in [0.4, 0.5) is 0 Å². The number of carbonyl (C=O) groups is 1. The van der Waals surface area contributed by atoms with Crippen molar-refractivity contribution in [2.75, 3.05) is 7.11 Å². The Bertz CT molecular complexity index is 450. The van der Waals surface area contributed by atoms with Crippen LogP contribution in [0.2, 0.25) is 0 Å². The molecule has 2 aliphatic carbocycles. The highest BCUT2D eigenvalue weighted by molar-refractivity contribution is 5.81. The first kappa shape index (κ1) is 11.6. The molecular formula is C15H19NO2. The van der Waals surface area contributed by atoms with Gasteiger partial charge >= 0.3 is 0 Å². The first-order valence-electron chi connectivity index (χ1n) is 6.72. The van der Waals surface area contributed by atoms with Gasteiger partial charge in [-0.1, -0.05) is 18.2 Å². The topological polar surface area (TPSA) is 29.5 Å². The molecule has 0 unspecified atom stereocenters. The van der Waals surface area contributed by atoms with Gasteiger partial charge in [0.25, 0.3) is 0 Å². The van der Waals surface area contributed by atoms with E-state index in [2.05, 4.69) is 4.90 Å². The summed E-state index contributed by atoms with van der Waals surface area (Å²) < 4.78 is 5.36. The Morgan fingerprint density at radius 3 is 2.61 bits per heavy atom. The fourth-order valence-corrected chi connectivity index (χ4v) is 2.36. The van der Waals surface area contributed by atoms with Crippen molar-refractivity contribution in [1.29, 1.82) is 0 Å². The lowest BCUT2D eigenvalue weighted by Crippen LogP contribution is -2.33. The molecule has 0 aliphatic heterocycles. The summed E-state index contributed by atoms with van der Waals surface area (Å²) in [5.41, 5.74) is 1.11. The Morgan fingerprint density at radius 1 is 1.28 bits per heavy atom. The van der Waals surface area contributed by atoms with E-state index in [0.29, 0.717) is 24.4 Å². The largest absolute Gasteiger partial charge is 0.496 e. The number of carbonyl (C=O) groups excluding carboxylic acids is 1. The molecule has 0 aromatic heterocycles. The van der Waals surface area contributed by atoms with E-state index in [0.717, 1.165) is 37.0 Å². The molecule has 3 heteroatoms. The van der Waals surface area contributed by atoms with E-state index < -0.39 is 0 Å². The van der Waals surface area contributed by atoms with E-state index in [1.807, 2.05) is 24.3 Å². The van der Waals surface area contributed by atoms with Crippen LogP contribution in [0.1, 0.15) is 31.2 Å². The standard InChI is InChI=1S/C15H19NO2/c1-18-14-5-3-2-4-12(14)10-16(13-8-9-13)15(17)11-6-7-11/h2-5,11,13H,6-10H2,1H3. The predicted molar refractivity (Wildman–Crippen MR) is 69.3 cm³/mol. The van der Waals surface area contributed by atoms with Gasteiger partial charge in [-0.25, -0.2) is 0 Å². The summed E-state index contributed by atoms with van der Waals surface area (Å²) in [5.74, 6) is 1.54. The van der Waals surface area contributed by atoms with Crippen LogP contribution in [-0.2, 0) is 11.3 Å². The van der Waals surface area contributed by atoms with Crippen molar-refractivity contribution >= 4 is 5.91 Å². The van der Waals surface area contributed by atoms with Crippen molar-refractivity contribution < 1.29 is 9.53 Å². The van der Waals surface area contributed by atoms with Gasteiger partial charge in [0.1, 0.15) is 5.75 Å². The molecular weight excluding hydrogens is 226 g/mol. The molecule has 2 fully saturated rings. The Morgan fingerprint density at radius 2 is 2.00 bits per heavy atom. The summed E-state index contributed by atoms with van der Waals surface area (Å²) in [6, 6.07) is 8.45. The van der Waals surface area contributed by atoms with Crippen LogP contribution in [-0.4, -0.2) is 24.0 Å². The molecule has 0 bridgehead atoms. The molecule has 0 heterocycles. The lowest BCUT2D eigenvalue weighted by atomic mass is 10.1. The highest BCUT2D eigenvalue weighted by Gasteiger charge is 2.40. The van der Waals surface area contributed by atoms with Crippen molar-refractivity contribution in [3.05, 3.63) is 29.8 Å². The normalized spacial score (nSPS) is 18.5. The predicted octanol–water partition coefficient (Wildman–Crippen LogP) is 2.60. The van der Waals surface area contributed by atoms with E-state index in [1.54, 1.807) is 7.11 Å². The molecule has 0 atom stereocenters. The van der Waals surface area contributed by atoms with E-state index in [9.17, 15) is 4.79 Å². The van der Waals surface area contributed by atoms with Crippen LogP contribution in [0.15, 0.2) is 24.3 Å². The second-order valence-electron chi connectivity index (χ2n) is 5.28. The van der Waals surface area contributed by atoms with Gasteiger partial charge in [-0.15, -0.1) is 0 Å². The molecule has 2 aliphatic rings. The second-order valence-corrected chi connectivity index (χ2v) is 5.28. The molecule has 1 aromatic carbocycles. The number of rotatable bonds is 5. The van der Waals surface area contributed by atoms with E-state index in [4.69, 9.17) is 4.74 Å². The lowest BCUT2D eigenvalue weighted by molar-refractivity contribution is -0.133. The van der Waals surface area contributed by atoms with Gasteiger partial charge in [-0.05, 0) is 31.7 Å². The molecule has 0 N–H and O–H groups in total. The average molecular weight is 245 g/mol. The molecule has 0 spiro atoms. The number of para-hydroxylation sites is 1. The minimum atomic E-state index is 0.306. The molecule has 1 amide bonds. The first-order chi connectivity index (χ1) is 8.79. The van der Waals surface area contributed by atoms with Crippen molar-refractivity contribution in [3.8, 4) is 5.75 Å².